The van der Waals surface area contributed by atoms with Crippen LogP contribution in [0.1, 0.15) is 51.9 Å². The highest BCUT2D eigenvalue weighted by Gasteiger charge is 2.43. The first-order chi connectivity index (χ1) is 9.57. The van der Waals surface area contributed by atoms with Crippen LogP contribution in [-0.2, 0) is 9.59 Å². The zero-order chi connectivity index (χ0) is 14.6. The topological polar surface area (TPSA) is 69.6 Å². The largest absolute Gasteiger partial charge is 0.481 e. The molecule has 0 radical (unpaired) electrons. The lowest BCUT2D eigenvalue weighted by molar-refractivity contribution is -0.154. The highest BCUT2D eigenvalue weighted by Crippen LogP contribution is 2.36. The Hall–Kier alpha value is -1.10. The number of hydrogen-bond donors (Lipinski definition) is 2. The van der Waals surface area contributed by atoms with Crippen molar-refractivity contribution >= 4 is 11.9 Å². The third-order valence-electron chi connectivity index (χ3n) is 4.76. The summed E-state index contributed by atoms with van der Waals surface area (Å²) in [6.45, 7) is 4.33. The molecule has 0 saturated carbocycles. The van der Waals surface area contributed by atoms with Crippen LogP contribution in [0.15, 0.2) is 0 Å². The average Bonchev–Trinajstić information content (AvgIpc) is 2.64. The number of rotatable bonds is 4. The standard InChI is InChI=1S/C15H26N2O3/c1-2-6-15(14(19)20)7-4-9-17(11-15)12-5-3-8-16-13(18)10-12/h12H,2-11H2,1H3,(H,16,18)(H,19,20). The van der Waals surface area contributed by atoms with Crippen molar-refractivity contribution in [2.24, 2.45) is 5.41 Å². The van der Waals surface area contributed by atoms with Crippen molar-refractivity contribution in [2.45, 2.75) is 57.9 Å². The number of hydrogen-bond acceptors (Lipinski definition) is 3. The average molecular weight is 282 g/mol. The Kier molecular flexibility index (Phi) is 5.02. The summed E-state index contributed by atoms with van der Waals surface area (Å²) in [6.07, 6.45) is 5.81. The lowest BCUT2D eigenvalue weighted by atomic mass is 9.75. The quantitative estimate of drug-likeness (QED) is 0.822. The van der Waals surface area contributed by atoms with Crippen molar-refractivity contribution in [2.75, 3.05) is 19.6 Å². The lowest BCUT2D eigenvalue weighted by Gasteiger charge is -2.43. The predicted octanol–water partition coefficient (Wildman–Crippen LogP) is 1.62. The number of carboxylic acid groups (broad SMARTS) is 1. The molecule has 2 heterocycles. The van der Waals surface area contributed by atoms with Crippen LogP contribution in [0.4, 0.5) is 0 Å². The highest BCUT2D eigenvalue weighted by atomic mass is 16.4. The first-order valence-electron chi connectivity index (χ1n) is 7.81. The Morgan fingerprint density at radius 1 is 1.50 bits per heavy atom. The van der Waals surface area contributed by atoms with Crippen LogP contribution in [0, 0.1) is 5.41 Å². The van der Waals surface area contributed by atoms with Gasteiger partial charge in [-0.3, -0.25) is 14.5 Å². The monoisotopic (exact) mass is 282 g/mol. The molecule has 0 bridgehead atoms. The summed E-state index contributed by atoms with van der Waals surface area (Å²) >= 11 is 0. The van der Waals surface area contributed by atoms with Gasteiger partial charge in [-0.1, -0.05) is 13.3 Å². The third kappa shape index (κ3) is 3.32. The molecule has 20 heavy (non-hydrogen) atoms. The Bertz CT molecular complexity index is 368. The molecule has 0 spiro atoms. The van der Waals surface area contributed by atoms with Crippen LogP contribution in [0.25, 0.3) is 0 Å². The second-order valence-corrected chi connectivity index (χ2v) is 6.26. The number of piperidine rings is 1. The Labute approximate surface area is 120 Å². The summed E-state index contributed by atoms with van der Waals surface area (Å²) in [5.41, 5.74) is -0.601. The third-order valence-corrected chi connectivity index (χ3v) is 4.76. The summed E-state index contributed by atoms with van der Waals surface area (Å²) in [5, 5.41) is 12.5. The van der Waals surface area contributed by atoms with Crippen LogP contribution in [0.3, 0.4) is 0 Å². The van der Waals surface area contributed by atoms with Crippen LogP contribution in [0.2, 0.25) is 0 Å². The van der Waals surface area contributed by atoms with Gasteiger partial charge in [0.05, 0.1) is 5.41 Å². The Morgan fingerprint density at radius 2 is 2.30 bits per heavy atom. The van der Waals surface area contributed by atoms with Crippen molar-refractivity contribution in [1.82, 2.24) is 10.2 Å². The number of carboxylic acids is 1. The zero-order valence-corrected chi connectivity index (χ0v) is 12.4. The van der Waals surface area contributed by atoms with E-state index in [9.17, 15) is 14.7 Å². The maximum atomic E-state index is 11.7. The van der Waals surface area contributed by atoms with E-state index in [1.54, 1.807) is 0 Å². The predicted molar refractivity (Wildman–Crippen MR) is 76.4 cm³/mol. The second-order valence-electron chi connectivity index (χ2n) is 6.26. The van der Waals surface area contributed by atoms with Gasteiger partial charge in [-0.25, -0.2) is 0 Å². The second kappa shape index (κ2) is 6.57. The molecular weight excluding hydrogens is 256 g/mol. The van der Waals surface area contributed by atoms with Gasteiger partial charge in [-0.2, -0.15) is 0 Å². The molecule has 0 aromatic heterocycles. The fraction of sp³-hybridized carbons (Fsp3) is 0.867. The highest BCUT2D eigenvalue weighted by molar-refractivity contribution is 5.77. The lowest BCUT2D eigenvalue weighted by Crippen LogP contribution is -2.51. The Morgan fingerprint density at radius 3 is 3.00 bits per heavy atom. The molecule has 2 unspecified atom stereocenters. The summed E-state index contributed by atoms with van der Waals surface area (Å²) in [6, 6.07) is 0.216. The van der Waals surface area contributed by atoms with Crippen LogP contribution in [-0.4, -0.2) is 47.6 Å². The minimum absolute atomic E-state index is 0.106. The Balaban J connectivity index is 2.08. The molecule has 2 N–H and O–H groups in total. The number of nitrogens with one attached hydrogen (secondary N) is 1. The van der Waals surface area contributed by atoms with E-state index in [-0.39, 0.29) is 11.9 Å². The molecular formula is C15H26N2O3. The van der Waals surface area contributed by atoms with Gasteiger partial charge in [0.25, 0.3) is 0 Å². The molecule has 0 aromatic carbocycles. The molecule has 2 saturated heterocycles. The van der Waals surface area contributed by atoms with E-state index in [2.05, 4.69) is 10.2 Å². The zero-order valence-electron chi connectivity index (χ0n) is 12.4. The molecule has 0 aliphatic carbocycles. The van der Waals surface area contributed by atoms with E-state index >= 15 is 0 Å². The number of amides is 1. The number of carbonyl (C=O) groups excluding carboxylic acids is 1. The fourth-order valence-corrected chi connectivity index (χ4v) is 3.71. The first kappa shape index (κ1) is 15.3. The smallest absolute Gasteiger partial charge is 0.310 e. The van der Waals surface area contributed by atoms with Gasteiger partial charge < -0.3 is 10.4 Å². The first-order valence-corrected chi connectivity index (χ1v) is 7.81. The van der Waals surface area contributed by atoms with Crippen molar-refractivity contribution in [3.63, 3.8) is 0 Å². The molecule has 2 atom stereocenters. The van der Waals surface area contributed by atoms with E-state index in [0.29, 0.717) is 13.0 Å². The SMILES string of the molecule is CCCC1(C(=O)O)CCCN(C2CCCNC(=O)C2)C1. The van der Waals surface area contributed by atoms with Crippen LogP contribution >= 0.6 is 0 Å². The molecule has 0 aromatic rings. The molecule has 114 valence electrons. The van der Waals surface area contributed by atoms with E-state index < -0.39 is 11.4 Å². The summed E-state index contributed by atoms with van der Waals surface area (Å²) in [5.74, 6) is -0.559. The van der Waals surface area contributed by atoms with Gasteiger partial charge in [-0.05, 0) is 38.6 Å². The van der Waals surface area contributed by atoms with Crippen molar-refractivity contribution in [1.29, 1.82) is 0 Å². The maximum absolute atomic E-state index is 11.7. The van der Waals surface area contributed by atoms with E-state index in [1.165, 1.54) is 0 Å². The fourth-order valence-electron chi connectivity index (χ4n) is 3.71. The molecule has 5 heteroatoms. The minimum atomic E-state index is -0.665. The number of aliphatic carboxylic acids is 1. The van der Waals surface area contributed by atoms with E-state index in [1.807, 2.05) is 6.92 Å². The van der Waals surface area contributed by atoms with Crippen LogP contribution < -0.4 is 5.32 Å². The van der Waals surface area contributed by atoms with Crippen molar-refractivity contribution in [3.8, 4) is 0 Å². The normalized spacial score (nSPS) is 32.5. The van der Waals surface area contributed by atoms with Gasteiger partial charge in [0.15, 0.2) is 0 Å². The number of carbonyl (C=O) groups is 2. The number of nitrogens with zero attached hydrogens (tertiary/aromatic N) is 1. The van der Waals surface area contributed by atoms with E-state index in [0.717, 1.165) is 51.6 Å². The molecule has 2 aliphatic heterocycles. The minimum Gasteiger partial charge on any atom is -0.481 e. The van der Waals surface area contributed by atoms with Crippen LogP contribution in [0.5, 0.6) is 0 Å². The maximum Gasteiger partial charge on any atom is 0.310 e. The van der Waals surface area contributed by atoms with Crippen molar-refractivity contribution < 1.29 is 14.7 Å². The van der Waals surface area contributed by atoms with Gasteiger partial charge in [0, 0.05) is 25.6 Å². The number of likely N-dealkylation sites (tertiary alicyclic amines) is 1. The summed E-state index contributed by atoms with van der Waals surface area (Å²) < 4.78 is 0. The molecule has 2 fully saturated rings. The van der Waals surface area contributed by atoms with Gasteiger partial charge >= 0.3 is 5.97 Å². The van der Waals surface area contributed by atoms with E-state index in [4.69, 9.17) is 0 Å². The summed E-state index contributed by atoms with van der Waals surface area (Å²) in [4.78, 5) is 25.7. The molecule has 2 rings (SSSR count). The van der Waals surface area contributed by atoms with Crippen molar-refractivity contribution in [3.05, 3.63) is 0 Å². The molecule has 2 aliphatic rings. The van der Waals surface area contributed by atoms with Gasteiger partial charge in [-0.15, -0.1) is 0 Å². The summed E-state index contributed by atoms with van der Waals surface area (Å²) in [7, 11) is 0. The van der Waals surface area contributed by atoms with Gasteiger partial charge in [0.2, 0.25) is 5.91 Å². The molecule has 1 amide bonds. The molecule has 5 nitrogen and oxygen atoms in total. The van der Waals surface area contributed by atoms with Gasteiger partial charge in [0.1, 0.15) is 0 Å².